The van der Waals surface area contributed by atoms with Gasteiger partial charge in [-0.3, -0.25) is 10.1 Å². The lowest BCUT2D eigenvalue weighted by atomic mass is 10.0. The van der Waals surface area contributed by atoms with Crippen molar-refractivity contribution in [2.75, 3.05) is 38.0 Å². The Morgan fingerprint density at radius 2 is 1.65 bits per heavy atom. The molecule has 1 aliphatic rings. The van der Waals surface area contributed by atoms with E-state index in [0.717, 1.165) is 88.1 Å². The molecule has 1 heterocycles. The highest BCUT2D eigenvalue weighted by Crippen LogP contribution is 2.28. The lowest BCUT2D eigenvalue weighted by molar-refractivity contribution is -0.121. The van der Waals surface area contributed by atoms with Gasteiger partial charge in [-0.15, -0.1) is 0 Å². The molecule has 0 aliphatic carbocycles. The van der Waals surface area contributed by atoms with Crippen LogP contribution in [0.4, 0.5) is 10.5 Å². The normalized spacial score (nSPS) is 14.5. The lowest BCUT2D eigenvalue weighted by Crippen LogP contribution is -2.40. The van der Waals surface area contributed by atoms with Crippen LogP contribution in [0.2, 0.25) is 0 Å². The Balaban J connectivity index is 1.33. The van der Waals surface area contributed by atoms with Gasteiger partial charge in [-0.2, -0.15) is 0 Å². The zero-order valence-electron chi connectivity index (χ0n) is 20.0. The third kappa shape index (κ3) is 8.80. The largest absolute Gasteiger partial charge is 0.446 e. The Morgan fingerprint density at radius 3 is 2.41 bits per heavy atom. The first kappa shape index (κ1) is 25.7. The zero-order chi connectivity index (χ0) is 24.0. The van der Waals surface area contributed by atoms with Crippen molar-refractivity contribution in [1.29, 1.82) is 0 Å². The molecular formula is C27H38N4O3. The third-order valence-corrected chi connectivity index (χ3v) is 6.17. The Hall–Kier alpha value is -2.90. The summed E-state index contributed by atoms with van der Waals surface area (Å²) in [6.45, 7) is 3.86. The molecule has 4 N–H and O–H groups in total. The van der Waals surface area contributed by atoms with E-state index in [1.807, 2.05) is 54.6 Å². The fourth-order valence-electron chi connectivity index (χ4n) is 4.20. The highest BCUT2D eigenvalue weighted by atomic mass is 16.6. The van der Waals surface area contributed by atoms with Crippen molar-refractivity contribution in [3.8, 4) is 11.1 Å². The van der Waals surface area contributed by atoms with Gasteiger partial charge in [0.2, 0.25) is 5.91 Å². The van der Waals surface area contributed by atoms with Crippen molar-refractivity contribution in [2.45, 2.75) is 51.0 Å². The number of hydrogen-bond donors (Lipinski definition) is 3. The number of piperidine rings is 1. The molecule has 3 rings (SSSR count). The maximum Gasteiger partial charge on any atom is 0.411 e. The molecule has 34 heavy (non-hydrogen) atoms. The smallest absolute Gasteiger partial charge is 0.411 e. The summed E-state index contributed by atoms with van der Waals surface area (Å²) >= 11 is 0. The first-order valence-corrected chi connectivity index (χ1v) is 12.5. The summed E-state index contributed by atoms with van der Waals surface area (Å²) in [5.41, 5.74) is 8.23. The Bertz CT molecular complexity index is 882. The van der Waals surface area contributed by atoms with E-state index in [1.165, 1.54) is 0 Å². The molecule has 1 fully saturated rings. The van der Waals surface area contributed by atoms with Crippen LogP contribution in [-0.4, -0.2) is 55.7 Å². The second kappa shape index (κ2) is 14.4. The molecule has 7 nitrogen and oxygen atoms in total. The van der Waals surface area contributed by atoms with Gasteiger partial charge in [0.15, 0.2) is 0 Å². The molecule has 184 valence electrons. The topological polar surface area (TPSA) is 96.7 Å². The van der Waals surface area contributed by atoms with Crippen LogP contribution in [0.25, 0.3) is 11.1 Å². The molecular weight excluding hydrogens is 428 g/mol. The highest BCUT2D eigenvalue weighted by Gasteiger charge is 2.23. The molecule has 2 aromatic carbocycles. The Morgan fingerprint density at radius 1 is 0.941 bits per heavy atom. The molecule has 0 spiro atoms. The second-order valence-electron chi connectivity index (χ2n) is 8.79. The molecule has 2 aromatic rings. The fraction of sp³-hybridized carbons (Fsp3) is 0.481. The van der Waals surface area contributed by atoms with Crippen molar-refractivity contribution < 1.29 is 14.3 Å². The number of carbonyl (C=O) groups is 2. The van der Waals surface area contributed by atoms with E-state index in [9.17, 15) is 9.59 Å². The first-order valence-electron chi connectivity index (χ1n) is 12.5. The molecule has 0 atom stereocenters. The van der Waals surface area contributed by atoms with Gasteiger partial charge in [0.1, 0.15) is 6.10 Å². The van der Waals surface area contributed by atoms with Gasteiger partial charge in [-0.05, 0) is 43.9 Å². The number of rotatable bonds is 12. The van der Waals surface area contributed by atoms with Gasteiger partial charge in [-0.1, -0.05) is 61.4 Å². The summed E-state index contributed by atoms with van der Waals surface area (Å²) in [6.07, 6.45) is 5.81. The van der Waals surface area contributed by atoms with Gasteiger partial charge >= 0.3 is 6.09 Å². The summed E-state index contributed by atoms with van der Waals surface area (Å²) in [5, 5.41) is 5.91. The molecule has 0 bridgehead atoms. The highest BCUT2D eigenvalue weighted by molar-refractivity contribution is 5.91. The van der Waals surface area contributed by atoms with Gasteiger partial charge < -0.3 is 20.7 Å². The quantitative estimate of drug-likeness (QED) is 0.403. The molecule has 1 saturated heterocycles. The lowest BCUT2D eigenvalue weighted by Gasteiger charge is -2.31. The second-order valence-corrected chi connectivity index (χ2v) is 8.79. The monoisotopic (exact) mass is 466 g/mol. The number of nitrogens with zero attached hydrogens (tertiary/aromatic N) is 1. The van der Waals surface area contributed by atoms with Crippen LogP contribution in [0.1, 0.15) is 44.9 Å². The summed E-state index contributed by atoms with van der Waals surface area (Å²) in [6, 6.07) is 17.7. The zero-order valence-corrected chi connectivity index (χ0v) is 20.0. The van der Waals surface area contributed by atoms with Crippen LogP contribution in [0.5, 0.6) is 0 Å². The van der Waals surface area contributed by atoms with Gasteiger partial charge in [0.05, 0.1) is 5.69 Å². The number of nitrogens with one attached hydrogen (secondary N) is 2. The minimum absolute atomic E-state index is 0.105. The predicted molar refractivity (Wildman–Crippen MR) is 137 cm³/mol. The minimum atomic E-state index is -0.423. The molecule has 0 aromatic heterocycles. The van der Waals surface area contributed by atoms with Crippen molar-refractivity contribution >= 4 is 17.7 Å². The van der Waals surface area contributed by atoms with E-state index in [-0.39, 0.29) is 12.0 Å². The molecule has 0 radical (unpaired) electrons. The molecule has 0 saturated carbocycles. The van der Waals surface area contributed by atoms with E-state index in [2.05, 4.69) is 15.5 Å². The number of para-hydroxylation sites is 1. The summed E-state index contributed by atoms with van der Waals surface area (Å²) in [4.78, 5) is 26.9. The molecule has 0 unspecified atom stereocenters. The Kier molecular flexibility index (Phi) is 10.9. The average Bonchev–Trinajstić information content (AvgIpc) is 2.86. The summed E-state index contributed by atoms with van der Waals surface area (Å²) in [5.74, 6) is 0.105. The number of amides is 2. The van der Waals surface area contributed by atoms with Crippen molar-refractivity contribution in [3.05, 3.63) is 54.6 Å². The molecule has 7 heteroatoms. The standard InChI is InChI=1S/C27H38N4O3/c28-17-8-1-2-9-18-29-26(32)16-21-31-19-14-23(15-20-31)34-27(33)30-25-13-7-6-12-24(25)22-10-4-3-5-11-22/h3-7,10-13,23H,1-2,8-9,14-21,28H2,(H,29,32)(H,30,33). The van der Waals surface area contributed by atoms with Gasteiger partial charge in [0.25, 0.3) is 0 Å². The number of likely N-dealkylation sites (tertiary alicyclic amines) is 1. The van der Waals surface area contributed by atoms with Crippen LogP contribution in [0.15, 0.2) is 54.6 Å². The SMILES string of the molecule is NCCCCCCNC(=O)CCN1CCC(OC(=O)Nc2ccccc2-c2ccccc2)CC1. The number of anilines is 1. The van der Waals surface area contributed by atoms with Crippen molar-refractivity contribution in [1.82, 2.24) is 10.2 Å². The van der Waals surface area contributed by atoms with Crippen LogP contribution in [0, 0.1) is 0 Å². The number of hydrogen-bond acceptors (Lipinski definition) is 5. The summed E-state index contributed by atoms with van der Waals surface area (Å²) < 4.78 is 5.69. The average molecular weight is 467 g/mol. The van der Waals surface area contributed by atoms with E-state index in [0.29, 0.717) is 6.42 Å². The number of benzene rings is 2. The van der Waals surface area contributed by atoms with E-state index in [4.69, 9.17) is 10.5 Å². The van der Waals surface area contributed by atoms with Crippen molar-refractivity contribution in [2.24, 2.45) is 5.73 Å². The first-order chi connectivity index (χ1) is 16.7. The van der Waals surface area contributed by atoms with Crippen molar-refractivity contribution in [3.63, 3.8) is 0 Å². The van der Waals surface area contributed by atoms with Crippen LogP contribution in [0.3, 0.4) is 0 Å². The third-order valence-electron chi connectivity index (χ3n) is 6.17. The Labute approximate surface area is 203 Å². The maximum atomic E-state index is 12.5. The van der Waals surface area contributed by atoms with E-state index < -0.39 is 6.09 Å². The fourth-order valence-corrected chi connectivity index (χ4v) is 4.20. The van der Waals surface area contributed by atoms with Crippen LogP contribution < -0.4 is 16.4 Å². The maximum absolute atomic E-state index is 12.5. The number of carbonyl (C=O) groups excluding carboxylic acids is 2. The number of unbranched alkanes of at least 4 members (excludes halogenated alkanes) is 3. The molecule has 1 aliphatic heterocycles. The predicted octanol–water partition coefficient (Wildman–Crippen LogP) is 4.39. The number of nitrogens with two attached hydrogens (primary N) is 1. The van der Waals surface area contributed by atoms with Crippen LogP contribution >= 0.6 is 0 Å². The van der Waals surface area contributed by atoms with E-state index >= 15 is 0 Å². The van der Waals surface area contributed by atoms with Gasteiger partial charge in [0, 0.05) is 38.2 Å². The van der Waals surface area contributed by atoms with Crippen LogP contribution in [-0.2, 0) is 9.53 Å². The number of ether oxygens (including phenoxy) is 1. The van der Waals surface area contributed by atoms with Gasteiger partial charge in [-0.25, -0.2) is 4.79 Å². The van der Waals surface area contributed by atoms with E-state index in [1.54, 1.807) is 0 Å². The summed E-state index contributed by atoms with van der Waals surface area (Å²) in [7, 11) is 0. The minimum Gasteiger partial charge on any atom is -0.446 e. The molecule has 2 amide bonds.